The van der Waals surface area contributed by atoms with E-state index in [2.05, 4.69) is 30.2 Å². The molecule has 0 aliphatic carbocycles. The van der Waals surface area contributed by atoms with Crippen LogP contribution in [0.3, 0.4) is 0 Å². The van der Waals surface area contributed by atoms with Gasteiger partial charge in [0.15, 0.2) is 0 Å². The molecule has 9 heteroatoms. The van der Waals surface area contributed by atoms with Crippen molar-refractivity contribution in [3.05, 3.63) is 22.6 Å². The van der Waals surface area contributed by atoms with E-state index in [4.69, 9.17) is 17.3 Å². The molecule has 0 saturated heterocycles. The van der Waals surface area contributed by atoms with Gasteiger partial charge in [0, 0.05) is 5.69 Å². The highest BCUT2D eigenvalue weighted by atomic mass is 35.5. The van der Waals surface area contributed by atoms with Gasteiger partial charge in [-0.05, 0) is 23.3 Å². The molecular formula is C8H7ClN6O2. The average molecular weight is 255 g/mol. The van der Waals surface area contributed by atoms with Crippen LogP contribution in [0.5, 0.6) is 0 Å². The van der Waals surface area contributed by atoms with Crippen molar-refractivity contribution in [1.82, 2.24) is 20.3 Å². The standard InChI is InChI=1S/C8H7ClN6O2/c1-3-2-4(9)12-8(11-3)13-7(16)5-6(10)15-17-14-5/h2H,1H3,(H2,10,15)(H,11,12,13,16). The number of nitrogens with one attached hydrogen (secondary N) is 1. The van der Waals surface area contributed by atoms with Gasteiger partial charge in [-0.15, -0.1) is 0 Å². The molecule has 17 heavy (non-hydrogen) atoms. The third-order valence-corrected chi connectivity index (χ3v) is 1.97. The molecule has 0 aliphatic rings. The minimum atomic E-state index is -0.620. The predicted molar refractivity (Wildman–Crippen MR) is 58.4 cm³/mol. The van der Waals surface area contributed by atoms with Gasteiger partial charge in [-0.2, -0.15) is 0 Å². The molecule has 2 rings (SSSR count). The maximum Gasteiger partial charge on any atom is 0.284 e. The SMILES string of the molecule is Cc1cc(Cl)nc(NC(=O)c2nonc2N)n1. The van der Waals surface area contributed by atoms with E-state index in [9.17, 15) is 4.79 Å². The van der Waals surface area contributed by atoms with Crippen molar-refractivity contribution in [2.45, 2.75) is 6.92 Å². The Hall–Kier alpha value is -2.22. The maximum atomic E-state index is 11.6. The van der Waals surface area contributed by atoms with E-state index in [-0.39, 0.29) is 22.6 Å². The molecule has 0 saturated carbocycles. The number of aromatic nitrogens is 4. The first-order valence-corrected chi connectivity index (χ1v) is 4.84. The summed E-state index contributed by atoms with van der Waals surface area (Å²) >= 11 is 5.72. The van der Waals surface area contributed by atoms with E-state index in [1.807, 2.05) is 0 Å². The summed E-state index contributed by atoms with van der Waals surface area (Å²) in [4.78, 5) is 19.4. The molecule has 2 heterocycles. The van der Waals surface area contributed by atoms with Crippen molar-refractivity contribution in [1.29, 1.82) is 0 Å². The number of amides is 1. The molecular weight excluding hydrogens is 248 g/mol. The van der Waals surface area contributed by atoms with Crippen molar-refractivity contribution in [2.24, 2.45) is 0 Å². The lowest BCUT2D eigenvalue weighted by Crippen LogP contribution is -2.16. The molecule has 0 atom stereocenters. The highest BCUT2D eigenvalue weighted by Gasteiger charge is 2.17. The predicted octanol–water partition coefficient (Wildman–Crippen LogP) is 0.656. The Morgan fingerprint density at radius 2 is 2.24 bits per heavy atom. The van der Waals surface area contributed by atoms with E-state index in [1.165, 1.54) is 0 Å². The van der Waals surface area contributed by atoms with E-state index in [0.29, 0.717) is 5.69 Å². The van der Waals surface area contributed by atoms with Crippen LogP contribution in [0, 0.1) is 6.92 Å². The van der Waals surface area contributed by atoms with Gasteiger partial charge in [-0.3, -0.25) is 10.1 Å². The molecule has 2 aromatic rings. The largest absolute Gasteiger partial charge is 0.379 e. The number of anilines is 2. The van der Waals surface area contributed by atoms with Gasteiger partial charge in [-0.1, -0.05) is 11.6 Å². The summed E-state index contributed by atoms with van der Waals surface area (Å²) in [5.41, 5.74) is 5.84. The first-order valence-electron chi connectivity index (χ1n) is 4.47. The Labute approximate surface area is 100 Å². The number of hydrogen-bond donors (Lipinski definition) is 2. The smallest absolute Gasteiger partial charge is 0.284 e. The lowest BCUT2D eigenvalue weighted by molar-refractivity contribution is 0.101. The summed E-state index contributed by atoms with van der Waals surface area (Å²) in [6.07, 6.45) is 0. The van der Waals surface area contributed by atoms with Crippen LogP contribution in [-0.4, -0.2) is 26.2 Å². The first kappa shape index (κ1) is 11.3. The molecule has 0 aromatic carbocycles. The van der Waals surface area contributed by atoms with Gasteiger partial charge in [-0.25, -0.2) is 14.6 Å². The van der Waals surface area contributed by atoms with Crippen LogP contribution < -0.4 is 11.1 Å². The Morgan fingerprint density at radius 3 is 2.82 bits per heavy atom. The van der Waals surface area contributed by atoms with E-state index < -0.39 is 5.91 Å². The number of nitrogens with two attached hydrogens (primary N) is 1. The molecule has 0 spiro atoms. The summed E-state index contributed by atoms with van der Waals surface area (Å²) in [6.45, 7) is 1.72. The van der Waals surface area contributed by atoms with Crippen LogP contribution >= 0.6 is 11.6 Å². The quantitative estimate of drug-likeness (QED) is 0.755. The molecule has 88 valence electrons. The lowest BCUT2D eigenvalue weighted by atomic mass is 10.4. The second-order valence-electron chi connectivity index (χ2n) is 3.11. The van der Waals surface area contributed by atoms with Crippen LogP contribution in [0.2, 0.25) is 5.15 Å². The Bertz CT molecular complexity index is 549. The molecule has 3 N–H and O–H groups in total. The number of carbonyl (C=O) groups is 1. The third-order valence-electron chi connectivity index (χ3n) is 1.78. The fraction of sp³-hybridized carbons (Fsp3) is 0.125. The van der Waals surface area contributed by atoms with Gasteiger partial charge in [0.2, 0.25) is 17.5 Å². The lowest BCUT2D eigenvalue weighted by Gasteiger charge is -2.02. The van der Waals surface area contributed by atoms with Gasteiger partial charge in [0.05, 0.1) is 0 Å². The van der Waals surface area contributed by atoms with Crippen LogP contribution in [-0.2, 0) is 0 Å². The zero-order valence-electron chi connectivity index (χ0n) is 8.64. The molecule has 8 nitrogen and oxygen atoms in total. The molecule has 2 aromatic heterocycles. The van der Waals surface area contributed by atoms with Gasteiger partial charge in [0.1, 0.15) is 5.15 Å². The van der Waals surface area contributed by atoms with Gasteiger partial charge >= 0.3 is 0 Å². The minimum absolute atomic E-state index is 0.0578. The number of nitrogens with zero attached hydrogens (tertiary/aromatic N) is 4. The maximum absolute atomic E-state index is 11.6. The average Bonchev–Trinajstić information content (AvgIpc) is 2.62. The van der Waals surface area contributed by atoms with E-state index >= 15 is 0 Å². The molecule has 0 radical (unpaired) electrons. The van der Waals surface area contributed by atoms with Crippen molar-refractivity contribution < 1.29 is 9.42 Å². The van der Waals surface area contributed by atoms with Crippen molar-refractivity contribution in [3.63, 3.8) is 0 Å². The number of aryl methyl sites for hydroxylation is 1. The molecule has 0 unspecified atom stereocenters. The van der Waals surface area contributed by atoms with Crippen molar-refractivity contribution in [2.75, 3.05) is 11.1 Å². The third kappa shape index (κ3) is 2.48. The molecule has 0 bridgehead atoms. The Balaban J connectivity index is 2.21. The number of rotatable bonds is 2. The highest BCUT2D eigenvalue weighted by Crippen LogP contribution is 2.11. The second kappa shape index (κ2) is 4.34. The van der Waals surface area contributed by atoms with Crippen LogP contribution in [0.4, 0.5) is 11.8 Å². The number of nitrogen functional groups attached to an aromatic ring is 1. The summed E-state index contributed by atoms with van der Waals surface area (Å²) in [5.74, 6) is -0.672. The number of carbonyl (C=O) groups excluding carboxylic acids is 1. The first-order chi connectivity index (χ1) is 8.06. The Morgan fingerprint density at radius 1 is 1.47 bits per heavy atom. The zero-order chi connectivity index (χ0) is 12.4. The summed E-state index contributed by atoms with van der Waals surface area (Å²) in [5, 5.41) is 9.22. The normalized spacial score (nSPS) is 10.2. The van der Waals surface area contributed by atoms with Crippen molar-refractivity contribution in [3.8, 4) is 0 Å². The highest BCUT2D eigenvalue weighted by molar-refractivity contribution is 6.29. The van der Waals surface area contributed by atoms with Gasteiger partial charge < -0.3 is 5.73 Å². The summed E-state index contributed by atoms with van der Waals surface area (Å²) in [7, 11) is 0. The van der Waals surface area contributed by atoms with E-state index in [0.717, 1.165) is 0 Å². The number of hydrogen-bond acceptors (Lipinski definition) is 7. The summed E-state index contributed by atoms with van der Waals surface area (Å²) < 4.78 is 4.30. The molecule has 0 fully saturated rings. The fourth-order valence-electron chi connectivity index (χ4n) is 1.10. The molecule has 1 amide bonds. The van der Waals surface area contributed by atoms with Crippen LogP contribution in [0.25, 0.3) is 0 Å². The zero-order valence-corrected chi connectivity index (χ0v) is 9.39. The van der Waals surface area contributed by atoms with Crippen LogP contribution in [0.15, 0.2) is 10.7 Å². The number of halogens is 1. The minimum Gasteiger partial charge on any atom is -0.379 e. The summed E-state index contributed by atoms with van der Waals surface area (Å²) in [6, 6.07) is 1.56. The van der Waals surface area contributed by atoms with E-state index in [1.54, 1.807) is 13.0 Å². The monoisotopic (exact) mass is 254 g/mol. The van der Waals surface area contributed by atoms with Crippen molar-refractivity contribution >= 4 is 29.3 Å². The topological polar surface area (TPSA) is 120 Å². The van der Waals surface area contributed by atoms with Gasteiger partial charge in [0.25, 0.3) is 5.91 Å². The van der Waals surface area contributed by atoms with Crippen LogP contribution in [0.1, 0.15) is 16.2 Å². The second-order valence-corrected chi connectivity index (χ2v) is 3.50. The molecule has 0 aliphatic heterocycles. The Kier molecular flexibility index (Phi) is 2.88. The fourth-order valence-corrected chi connectivity index (χ4v) is 1.34.